The van der Waals surface area contributed by atoms with Crippen LogP contribution in [0, 0.1) is 6.92 Å². The number of amides is 1. The van der Waals surface area contributed by atoms with Crippen LogP contribution in [-0.2, 0) is 16.6 Å². The van der Waals surface area contributed by atoms with E-state index in [1.54, 1.807) is 12.5 Å². The molecule has 4 nitrogen and oxygen atoms in total. The topological polar surface area (TPSA) is 57.8 Å². The van der Waals surface area contributed by atoms with Crippen LogP contribution in [0.15, 0.2) is 36.8 Å². The molecule has 0 saturated heterocycles. The number of aromatic amines is 1. The monoisotopic (exact) mass is 283 g/mol. The molecule has 2 aromatic rings. The molecule has 2 N–H and O–H groups in total. The van der Waals surface area contributed by atoms with Gasteiger partial charge in [0.25, 0.3) is 0 Å². The molecule has 0 unspecified atom stereocenters. The number of imidazole rings is 1. The van der Waals surface area contributed by atoms with Gasteiger partial charge in [0.1, 0.15) is 0 Å². The molecule has 1 aliphatic carbocycles. The predicted molar refractivity (Wildman–Crippen MR) is 82.0 cm³/mol. The number of rotatable bonds is 5. The Morgan fingerprint density at radius 3 is 2.90 bits per heavy atom. The molecular weight excluding hydrogens is 262 g/mol. The SMILES string of the molecule is Cc1cccc(C2(C(=O)NCCc3cnc[nH]3)CCC2)c1. The highest BCUT2D eigenvalue weighted by Crippen LogP contribution is 2.44. The van der Waals surface area contributed by atoms with E-state index in [9.17, 15) is 4.79 Å². The average Bonchev–Trinajstić information content (AvgIpc) is 2.91. The highest BCUT2D eigenvalue weighted by Gasteiger charge is 2.45. The van der Waals surface area contributed by atoms with Crippen molar-refractivity contribution in [1.29, 1.82) is 0 Å². The zero-order chi connectivity index (χ0) is 14.7. The summed E-state index contributed by atoms with van der Waals surface area (Å²) >= 11 is 0. The zero-order valence-corrected chi connectivity index (χ0v) is 12.4. The van der Waals surface area contributed by atoms with Gasteiger partial charge in [-0.15, -0.1) is 0 Å². The van der Waals surface area contributed by atoms with Crippen LogP contribution < -0.4 is 5.32 Å². The van der Waals surface area contributed by atoms with Crippen LogP contribution in [0.5, 0.6) is 0 Å². The Morgan fingerprint density at radius 1 is 1.43 bits per heavy atom. The minimum atomic E-state index is -0.306. The Labute approximate surface area is 125 Å². The maximum Gasteiger partial charge on any atom is 0.230 e. The van der Waals surface area contributed by atoms with Crippen LogP contribution >= 0.6 is 0 Å². The van der Waals surface area contributed by atoms with E-state index in [1.807, 2.05) is 6.07 Å². The molecule has 1 fully saturated rings. The van der Waals surface area contributed by atoms with Crippen molar-refractivity contribution in [3.63, 3.8) is 0 Å². The number of aryl methyl sites for hydroxylation is 1. The first-order valence-corrected chi connectivity index (χ1v) is 7.53. The molecular formula is C17H21N3O. The van der Waals surface area contributed by atoms with Gasteiger partial charge in [-0.1, -0.05) is 36.2 Å². The van der Waals surface area contributed by atoms with E-state index in [1.165, 1.54) is 5.56 Å². The second kappa shape index (κ2) is 5.72. The summed E-state index contributed by atoms with van der Waals surface area (Å²) in [6.45, 7) is 2.72. The molecule has 1 heterocycles. The number of aromatic nitrogens is 2. The van der Waals surface area contributed by atoms with Crippen molar-refractivity contribution in [1.82, 2.24) is 15.3 Å². The molecule has 0 radical (unpaired) electrons. The first-order chi connectivity index (χ1) is 10.2. The van der Waals surface area contributed by atoms with Crippen LogP contribution in [0.1, 0.15) is 36.1 Å². The van der Waals surface area contributed by atoms with Gasteiger partial charge < -0.3 is 10.3 Å². The third-order valence-corrected chi connectivity index (χ3v) is 4.45. The molecule has 4 heteroatoms. The lowest BCUT2D eigenvalue weighted by Gasteiger charge is -2.41. The molecule has 1 aliphatic rings. The molecule has 110 valence electrons. The maximum absolute atomic E-state index is 12.7. The summed E-state index contributed by atoms with van der Waals surface area (Å²) in [5.41, 5.74) is 3.12. The third kappa shape index (κ3) is 2.71. The lowest BCUT2D eigenvalue weighted by Crippen LogP contribution is -2.49. The van der Waals surface area contributed by atoms with Gasteiger partial charge in [-0.2, -0.15) is 0 Å². The van der Waals surface area contributed by atoms with E-state index in [-0.39, 0.29) is 11.3 Å². The van der Waals surface area contributed by atoms with Crippen LogP contribution in [0.3, 0.4) is 0 Å². The highest BCUT2D eigenvalue weighted by atomic mass is 16.2. The first kappa shape index (κ1) is 13.9. The van der Waals surface area contributed by atoms with Crippen molar-refractivity contribution in [3.05, 3.63) is 53.6 Å². The zero-order valence-electron chi connectivity index (χ0n) is 12.4. The van der Waals surface area contributed by atoms with Gasteiger partial charge in [0.2, 0.25) is 5.91 Å². The predicted octanol–water partition coefficient (Wildman–Crippen LogP) is 2.50. The summed E-state index contributed by atoms with van der Waals surface area (Å²) in [4.78, 5) is 19.7. The average molecular weight is 283 g/mol. The number of carbonyl (C=O) groups excluding carboxylic acids is 1. The molecule has 0 bridgehead atoms. The number of carbonyl (C=O) groups is 1. The number of benzene rings is 1. The van der Waals surface area contributed by atoms with Gasteiger partial charge in [0.15, 0.2) is 0 Å². The summed E-state index contributed by atoms with van der Waals surface area (Å²) in [6, 6.07) is 8.35. The first-order valence-electron chi connectivity index (χ1n) is 7.53. The minimum Gasteiger partial charge on any atom is -0.355 e. The van der Waals surface area contributed by atoms with E-state index in [4.69, 9.17) is 0 Å². The van der Waals surface area contributed by atoms with Crippen molar-refractivity contribution in [2.24, 2.45) is 0 Å². The van der Waals surface area contributed by atoms with Crippen molar-refractivity contribution in [2.75, 3.05) is 6.54 Å². The number of H-pyrrole nitrogens is 1. The molecule has 1 saturated carbocycles. The Balaban J connectivity index is 1.66. The second-order valence-corrected chi connectivity index (χ2v) is 5.89. The quantitative estimate of drug-likeness (QED) is 0.885. The van der Waals surface area contributed by atoms with Gasteiger partial charge in [-0.25, -0.2) is 4.98 Å². The second-order valence-electron chi connectivity index (χ2n) is 5.89. The summed E-state index contributed by atoms with van der Waals surface area (Å²) in [7, 11) is 0. The van der Waals surface area contributed by atoms with Gasteiger partial charge in [0, 0.05) is 24.9 Å². The largest absolute Gasteiger partial charge is 0.355 e. The van der Waals surface area contributed by atoms with Gasteiger partial charge >= 0.3 is 0 Å². The van der Waals surface area contributed by atoms with Crippen LogP contribution in [0.2, 0.25) is 0 Å². The number of nitrogens with zero attached hydrogens (tertiary/aromatic N) is 1. The van der Waals surface area contributed by atoms with Crippen LogP contribution in [-0.4, -0.2) is 22.4 Å². The fraction of sp³-hybridized carbons (Fsp3) is 0.412. The van der Waals surface area contributed by atoms with Crippen molar-refractivity contribution >= 4 is 5.91 Å². The third-order valence-electron chi connectivity index (χ3n) is 4.45. The fourth-order valence-electron chi connectivity index (χ4n) is 3.02. The molecule has 1 amide bonds. The summed E-state index contributed by atoms with van der Waals surface area (Å²) < 4.78 is 0. The molecule has 1 aromatic carbocycles. The Kier molecular flexibility index (Phi) is 3.78. The minimum absolute atomic E-state index is 0.166. The van der Waals surface area contributed by atoms with Crippen molar-refractivity contribution < 1.29 is 4.79 Å². The lowest BCUT2D eigenvalue weighted by atomic mass is 9.63. The molecule has 0 aliphatic heterocycles. The summed E-state index contributed by atoms with van der Waals surface area (Å²) in [5.74, 6) is 0.166. The smallest absolute Gasteiger partial charge is 0.230 e. The van der Waals surface area contributed by atoms with E-state index in [0.717, 1.165) is 36.9 Å². The molecule has 0 atom stereocenters. The molecule has 1 aromatic heterocycles. The maximum atomic E-state index is 12.7. The lowest BCUT2D eigenvalue weighted by molar-refractivity contribution is -0.129. The number of hydrogen-bond acceptors (Lipinski definition) is 2. The highest BCUT2D eigenvalue weighted by molar-refractivity contribution is 5.89. The van der Waals surface area contributed by atoms with E-state index >= 15 is 0 Å². The Hall–Kier alpha value is -2.10. The van der Waals surface area contributed by atoms with Gasteiger partial charge in [-0.3, -0.25) is 4.79 Å². The van der Waals surface area contributed by atoms with Crippen LogP contribution in [0.4, 0.5) is 0 Å². The fourth-order valence-corrected chi connectivity index (χ4v) is 3.02. The Morgan fingerprint density at radius 2 is 2.29 bits per heavy atom. The van der Waals surface area contributed by atoms with E-state index < -0.39 is 0 Å². The molecule has 0 spiro atoms. The van der Waals surface area contributed by atoms with Gasteiger partial charge in [-0.05, 0) is 25.3 Å². The summed E-state index contributed by atoms with van der Waals surface area (Å²) in [6.07, 6.45) is 7.28. The molecule has 21 heavy (non-hydrogen) atoms. The van der Waals surface area contributed by atoms with Crippen LogP contribution in [0.25, 0.3) is 0 Å². The summed E-state index contributed by atoms with van der Waals surface area (Å²) in [5, 5.41) is 3.09. The van der Waals surface area contributed by atoms with E-state index in [0.29, 0.717) is 6.54 Å². The normalized spacial score (nSPS) is 16.2. The number of nitrogens with one attached hydrogen (secondary N) is 2. The standard InChI is InChI=1S/C17H21N3O/c1-13-4-2-5-14(10-13)17(7-3-8-17)16(21)19-9-6-15-11-18-12-20-15/h2,4-5,10-12H,3,6-9H2,1H3,(H,18,20)(H,19,21). The molecule has 3 rings (SSSR count). The number of hydrogen-bond donors (Lipinski definition) is 2. The Bertz CT molecular complexity index is 615. The van der Waals surface area contributed by atoms with Crippen molar-refractivity contribution in [2.45, 2.75) is 38.0 Å². The van der Waals surface area contributed by atoms with Gasteiger partial charge in [0.05, 0.1) is 11.7 Å². The van der Waals surface area contributed by atoms with E-state index in [2.05, 4.69) is 40.4 Å². The van der Waals surface area contributed by atoms with Crippen molar-refractivity contribution in [3.8, 4) is 0 Å².